The van der Waals surface area contributed by atoms with E-state index in [-0.39, 0.29) is 5.91 Å². The molecule has 0 aliphatic carbocycles. The van der Waals surface area contributed by atoms with E-state index in [1.165, 1.54) is 16.9 Å². The molecule has 6 nitrogen and oxygen atoms in total. The van der Waals surface area contributed by atoms with Crippen LogP contribution in [-0.2, 0) is 12.3 Å². The summed E-state index contributed by atoms with van der Waals surface area (Å²) in [7, 11) is 0. The molecule has 9 heteroatoms. The number of aryl methyl sites for hydroxylation is 1. The van der Waals surface area contributed by atoms with E-state index >= 15 is 0 Å². The van der Waals surface area contributed by atoms with Crippen LogP contribution in [0.4, 0.5) is 5.13 Å². The van der Waals surface area contributed by atoms with Crippen molar-refractivity contribution in [2.24, 2.45) is 0 Å². The molecule has 0 unspecified atom stereocenters. The number of rotatable bonds is 7. The van der Waals surface area contributed by atoms with Crippen LogP contribution in [0.2, 0.25) is 5.02 Å². The normalized spacial score (nSPS) is 10.9. The van der Waals surface area contributed by atoms with Crippen LogP contribution >= 0.6 is 34.7 Å². The van der Waals surface area contributed by atoms with Crippen molar-refractivity contribution in [1.29, 1.82) is 0 Å². The monoisotopic (exact) mass is 469 g/mol. The standard InChI is InChI=1S/C22H20ClN5OS2/c1-14-19(15(2)28(27-14)12-17-10-6-7-11-18(17)23)20(29)24-21-25-26-22(31-21)30-13-16-8-4-3-5-9-16/h3-11H,12-13H2,1-2H3,(H,24,25,29). The number of halogens is 1. The minimum atomic E-state index is -0.240. The number of nitrogens with zero attached hydrogens (tertiary/aromatic N) is 4. The third kappa shape index (κ3) is 5.15. The minimum absolute atomic E-state index is 0.240. The van der Waals surface area contributed by atoms with Gasteiger partial charge in [-0.15, -0.1) is 10.2 Å². The van der Waals surface area contributed by atoms with Gasteiger partial charge < -0.3 is 0 Å². The van der Waals surface area contributed by atoms with Crippen LogP contribution in [0.15, 0.2) is 58.9 Å². The fourth-order valence-corrected chi connectivity index (χ4v) is 5.06. The summed E-state index contributed by atoms with van der Waals surface area (Å²) in [5.41, 5.74) is 4.14. The Bertz CT molecular complexity index is 1210. The summed E-state index contributed by atoms with van der Waals surface area (Å²) in [5.74, 6) is 0.562. The number of amides is 1. The minimum Gasteiger partial charge on any atom is -0.296 e. The van der Waals surface area contributed by atoms with Gasteiger partial charge >= 0.3 is 0 Å². The zero-order valence-corrected chi connectivity index (χ0v) is 19.4. The second-order valence-corrected chi connectivity index (χ2v) is 9.50. The molecule has 4 aromatic rings. The molecule has 0 spiro atoms. The lowest BCUT2D eigenvalue weighted by molar-refractivity contribution is 0.102. The molecule has 2 aromatic carbocycles. The van der Waals surface area contributed by atoms with Crippen molar-refractivity contribution in [3.05, 3.63) is 87.7 Å². The van der Waals surface area contributed by atoms with Crippen molar-refractivity contribution in [2.75, 3.05) is 5.32 Å². The van der Waals surface area contributed by atoms with Gasteiger partial charge in [0, 0.05) is 16.5 Å². The van der Waals surface area contributed by atoms with Crippen LogP contribution in [0.5, 0.6) is 0 Å². The second kappa shape index (κ2) is 9.64. The quantitative estimate of drug-likeness (QED) is 0.282. The molecule has 0 atom stereocenters. The first kappa shape index (κ1) is 21.5. The van der Waals surface area contributed by atoms with Gasteiger partial charge in [-0.05, 0) is 31.0 Å². The SMILES string of the molecule is Cc1nn(Cc2ccccc2Cl)c(C)c1C(=O)Nc1nnc(SCc2ccccc2)s1. The van der Waals surface area contributed by atoms with Crippen molar-refractivity contribution in [3.8, 4) is 0 Å². The van der Waals surface area contributed by atoms with E-state index in [9.17, 15) is 4.79 Å². The van der Waals surface area contributed by atoms with Gasteiger partial charge in [-0.25, -0.2) is 0 Å². The van der Waals surface area contributed by atoms with Crippen LogP contribution in [0, 0.1) is 13.8 Å². The number of aromatic nitrogens is 4. The largest absolute Gasteiger partial charge is 0.296 e. The fraction of sp³-hybridized carbons (Fsp3) is 0.182. The zero-order valence-electron chi connectivity index (χ0n) is 17.0. The second-order valence-electron chi connectivity index (χ2n) is 6.90. The lowest BCUT2D eigenvalue weighted by Crippen LogP contribution is -2.14. The highest BCUT2D eigenvalue weighted by molar-refractivity contribution is 8.00. The number of anilines is 1. The molecule has 2 heterocycles. The number of carbonyl (C=O) groups excluding carboxylic acids is 1. The molecule has 1 N–H and O–H groups in total. The van der Waals surface area contributed by atoms with Gasteiger partial charge in [-0.3, -0.25) is 14.8 Å². The first-order chi connectivity index (χ1) is 15.0. The van der Waals surface area contributed by atoms with Gasteiger partial charge in [-0.2, -0.15) is 5.10 Å². The zero-order chi connectivity index (χ0) is 21.8. The van der Waals surface area contributed by atoms with Crippen molar-refractivity contribution in [3.63, 3.8) is 0 Å². The number of hydrogen-bond donors (Lipinski definition) is 1. The van der Waals surface area contributed by atoms with Crippen LogP contribution in [-0.4, -0.2) is 25.9 Å². The van der Waals surface area contributed by atoms with Crippen LogP contribution in [0.3, 0.4) is 0 Å². The molecular weight excluding hydrogens is 450 g/mol. The van der Waals surface area contributed by atoms with E-state index in [1.54, 1.807) is 16.4 Å². The Hall–Kier alpha value is -2.68. The number of benzene rings is 2. The molecule has 0 radical (unpaired) electrons. The van der Waals surface area contributed by atoms with E-state index in [2.05, 4.69) is 32.7 Å². The van der Waals surface area contributed by atoms with Crippen molar-refractivity contribution in [2.45, 2.75) is 30.5 Å². The van der Waals surface area contributed by atoms with E-state index in [0.29, 0.717) is 28.0 Å². The number of hydrogen-bond acceptors (Lipinski definition) is 6. The lowest BCUT2D eigenvalue weighted by atomic mass is 10.2. The molecule has 158 valence electrons. The number of thioether (sulfide) groups is 1. The average Bonchev–Trinajstić information content (AvgIpc) is 3.32. The van der Waals surface area contributed by atoms with E-state index in [4.69, 9.17) is 11.6 Å². The smallest absolute Gasteiger partial charge is 0.261 e. The predicted molar refractivity (Wildman–Crippen MR) is 126 cm³/mol. The Labute approximate surface area is 193 Å². The maximum Gasteiger partial charge on any atom is 0.261 e. The molecule has 0 saturated heterocycles. The lowest BCUT2D eigenvalue weighted by Gasteiger charge is -2.07. The number of nitrogens with one attached hydrogen (secondary N) is 1. The van der Waals surface area contributed by atoms with Gasteiger partial charge in [0.25, 0.3) is 5.91 Å². The molecule has 0 bridgehead atoms. The number of carbonyl (C=O) groups is 1. The van der Waals surface area contributed by atoms with Crippen molar-refractivity contribution < 1.29 is 4.79 Å². The molecule has 31 heavy (non-hydrogen) atoms. The van der Waals surface area contributed by atoms with Crippen molar-refractivity contribution in [1.82, 2.24) is 20.0 Å². The van der Waals surface area contributed by atoms with E-state index < -0.39 is 0 Å². The third-order valence-corrected chi connectivity index (χ3v) is 7.13. The Kier molecular flexibility index (Phi) is 6.70. The van der Waals surface area contributed by atoms with Crippen LogP contribution < -0.4 is 5.32 Å². The molecule has 0 aliphatic rings. The molecule has 0 saturated carbocycles. The highest BCUT2D eigenvalue weighted by atomic mass is 35.5. The highest BCUT2D eigenvalue weighted by Crippen LogP contribution is 2.29. The highest BCUT2D eigenvalue weighted by Gasteiger charge is 2.20. The Morgan fingerprint density at radius 3 is 2.61 bits per heavy atom. The molecule has 0 fully saturated rings. The van der Waals surface area contributed by atoms with Crippen LogP contribution in [0.1, 0.15) is 32.9 Å². The van der Waals surface area contributed by atoms with E-state index in [0.717, 1.165) is 21.3 Å². The fourth-order valence-electron chi connectivity index (χ4n) is 3.16. The topological polar surface area (TPSA) is 72.7 Å². The molecule has 1 amide bonds. The van der Waals surface area contributed by atoms with Gasteiger partial charge in [-0.1, -0.05) is 83.2 Å². The summed E-state index contributed by atoms with van der Waals surface area (Å²) in [6.45, 7) is 4.21. The summed E-state index contributed by atoms with van der Waals surface area (Å²) >= 11 is 9.23. The molecule has 2 aromatic heterocycles. The summed E-state index contributed by atoms with van der Waals surface area (Å²) in [5, 5.41) is 16.8. The van der Waals surface area contributed by atoms with Gasteiger partial charge in [0.05, 0.1) is 17.8 Å². The summed E-state index contributed by atoms with van der Waals surface area (Å²) < 4.78 is 2.61. The van der Waals surface area contributed by atoms with Gasteiger partial charge in [0.1, 0.15) is 0 Å². The molecule has 4 rings (SSSR count). The average molecular weight is 470 g/mol. The van der Waals surface area contributed by atoms with Gasteiger partial charge in [0.15, 0.2) is 4.34 Å². The maximum atomic E-state index is 12.9. The first-order valence-corrected chi connectivity index (χ1v) is 11.8. The molecular formula is C22H20ClN5OS2. The summed E-state index contributed by atoms with van der Waals surface area (Å²) in [6.07, 6.45) is 0. The first-order valence-electron chi connectivity index (χ1n) is 9.60. The summed E-state index contributed by atoms with van der Waals surface area (Å²) in [4.78, 5) is 12.9. The van der Waals surface area contributed by atoms with Crippen molar-refractivity contribution >= 4 is 45.7 Å². The van der Waals surface area contributed by atoms with Crippen LogP contribution in [0.25, 0.3) is 0 Å². The van der Waals surface area contributed by atoms with E-state index in [1.807, 2.05) is 56.3 Å². The Balaban J connectivity index is 1.44. The Morgan fingerprint density at radius 2 is 1.84 bits per heavy atom. The van der Waals surface area contributed by atoms with Gasteiger partial charge in [0.2, 0.25) is 5.13 Å². The predicted octanol–water partition coefficient (Wildman–Crippen LogP) is 5.60. The third-order valence-electron chi connectivity index (χ3n) is 4.72. The summed E-state index contributed by atoms with van der Waals surface area (Å²) in [6, 6.07) is 17.8. The Morgan fingerprint density at radius 1 is 1.10 bits per heavy atom. The maximum absolute atomic E-state index is 12.9. The molecule has 0 aliphatic heterocycles.